The molecule has 4 heteroatoms. The van der Waals surface area contributed by atoms with Gasteiger partial charge in [-0.3, -0.25) is 4.79 Å². The molecule has 4 rings (SSSR count). The summed E-state index contributed by atoms with van der Waals surface area (Å²) < 4.78 is 0. The second-order valence-corrected chi connectivity index (χ2v) is 5.85. The zero-order valence-corrected chi connectivity index (χ0v) is 12.7. The Morgan fingerprint density at radius 2 is 1.95 bits per heavy atom. The predicted molar refractivity (Wildman–Crippen MR) is 91.0 cm³/mol. The van der Waals surface area contributed by atoms with E-state index in [2.05, 4.69) is 23.3 Å². The predicted octanol–water partition coefficient (Wildman–Crippen LogP) is 4.62. The average Bonchev–Trinajstić information content (AvgIpc) is 2.99. The third-order valence-corrected chi connectivity index (χ3v) is 4.29. The number of aromatic nitrogens is 1. The lowest BCUT2D eigenvalue weighted by atomic mass is 10.0. The number of nitrogens with one attached hydrogen (secondary N) is 2. The van der Waals surface area contributed by atoms with Crippen molar-refractivity contribution in [3.63, 3.8) is 0 Å². The van der Waals surface area contributed by atoms with Crippen LogP contribution in [0.25, 0.3) is 22.6 Å². The number of H-pyrrole nitrogens is 1. The largest absolute Gasteiger partial charge is 0.355 e. The van der Waals surface area contributed by atoms with Crippen LogP contribution in [0.4, 0.5) is 5.69 Å². The molecule has 0 unspecified atom stereocenters. The SMILES string of the molecule is Cc1c(/C=C2\C(=O)Nc3ccc(Cl)cc32)[nH]c2ccccc12. The topological polar surface area (TPSA) is 44.9 Å². The molecule has 108 valence electrons. The van der Waals surface area contributed by atoms with E-state index in [1.54, 1.807) is 6.07 Å². The Labute approximate surface area is 132 Å². The molecule has 2 aromatic carbocycles. The summed E-state index contributed by atoms with van der Waals surface area (Å²) in [4.78, 5) is 15.6. The van der Waals surface area contributed by atoms with Crippen molar-refractivity contribution >= 4 is 45.7 Å². The van der Waals surface area contributed by atoms with Gasteiger partial charge in [0.15, 0.2) is 0 Å². The van der Waals surface area contributed by atoms with Gasteiger partial charge < -0.3 is 10.3 Å². The molecule has 1 aliphatic rings. The van der Waals surface area contributed by atoms with Gasteiger partial charge >= 0.3 is 0 Å². The summed E-state index contributed by atoms with van der Waals surface area (Å²) in [6.07, 6.45) is 1.90. The van der Waals surface area contributed by atoms with Crippen molar-refractivity contribution in [2.75, 3.05) is 5.32 Å². The van der Waals surface area contributed by atoms with E-state index in [9.17, 15) is 4.79 Å². The van der Waals surface area contributed by atoms with E-state index >= 15 is 0 Å². The van der Waals surface area contributed by atoms with Crippen LogP contribution in [0.2, 0.25) is 5.02 Å². The van der Waals surface area contributed by atoms with Gasteiger partial charge in [-0.2, -0.15) is 0 Å². The number of aromatic amines is 1. The van der Waals surface area contributed by atoms with Gasteiger partial charge in [0.1, 0.15) is 0 Å². The standard InChI is InChI=1S/C18H13ClN2O/c1-10-12-4-2-3-5-15(12)20-17(10)9-14-13-8-11(19)6-7-16(13)21-18(14)22/h2-9,20H,1H3,(H,21,22)/b14-9-. The van der Waals surface area contributed by atoms with E-state index in [4.69, 9.17) is 11.6 Å². The van der Waals surface area contributed by atoms with Gasteiger partial charge in [0, 0.05) is 32.9 Å². The zero-order chi connectivity index (χ0) is 15.3. The smallest absolute Gasteiger partial charge is 0.256 e. The van der Waals surface area contributed by atoms with Crippen molar-refractivity contribution < 1.29 is 4.79 Å². The summed E-state index contributed by atoms with van der Waals surface area (Å²) in [5, 5.41) is 4.65. The minimum absolute atomic E-state index is 0.102. The van der Waals surface area contributed by atoms with Crippen molar-refractivity contribution in [1.82, 2.24) is 4.98 Å². The molecule has 0 saturated heterocycles. The molecule has 3 nitrogen and oxygen atoms in total. The maximum absolute atomic E-state index is 12.2. The first-order valence-corrected chi connectivity index (χ1v) is 7.41. The maximum Gasteiger partial charge on any atom is 0.256 e. The Morgan fingerprint density at radius 1 is 1.14 bits per heavy atom. The van der Waals surface area contributed by atoms with E-state index in [1.807, 2.05) is 36.4 Å². The number of para-hydroxylation sites is 1. The third kappa shape index (κ3) is 1.94. The van der Waals surface area contributed by atoms with Gasteiger partial charge in [-0.25, -0.2) is 0 Å². The number of rotatable bonds is 1. The summed E-state index contributed by atoms with van der Waals surface area (Å²) in [6, 6.07) is 13.5. The molecular formula is C18H13ClN2O. The van der Waals surface area contributed by atoms with Crippen LogP contribution in [0.5, 0.6) is 0 Å². The number of carbonyl (C=O) groups excluding carboxylic acids is 1. The highest BCUT2D eigenvalue weighted by Crippen LogP contribution is 2.35. The molecule has 3 aromatic rings. The van der Waals surface area contributed by atoms with Crippen LogP contribution >= 0.6 is 11.6 Å². The molecule has 1 aromatic heterocycles. The first-order chi connectivity index (χ1) is 10.6. The summed E-state index contributed by atoms with van der Waals surface area (Å²) in [6.45, 7) is 2.05. The van der Waals surface area contributed by atoms with E-state index in [0.29, 0.717) is 10.6 Å². The number of hydrogen-bond acceptors (Lipinski definition) is 1. The van der Waals surface area contributed by atoms with E-state index in [0.717, 1.165) is 28.0 Å². The lowest BCUT2D eigenvalue weighted by Gasteiger charge is -1.99. The van der Waals surface area contributed by atoms with Gasteiger partial charge in [0.2, 0.25) is 0 Å². The first-order valence-electron chi connectivity index (χ1n) is 7.04. The normalized spacial score (nSPS) is 15.4. The van der Waals surface area contributed by atoms with Crippen LogP contribution in [0.3, 0.4) is 0 Å². The highest BCUT2D eigenvalue weighted by Gasteiger charge is 2.24. The van der Waals surface area contributed by atoms with Crippen molar-refractivity contribution in [2.45, 2.75) is 6.92 Å². The monoisotopic (exact) mass is 308 g/mol. The second-order valence-electron chi connectivity index (χ2n) is 5.41. The number of fused-ring (bicyclic) bond motifs is 2. The fourth-order valence-corrected chi connectivity index (χ4v) is 3.07. The number of anilines is 1. The molecular weight excluding hydrogens is 296 g/mol. The van der Waals surface area contributed by atoms with E-state index < -0.39 is 0 Å². The van der Waals surface area contributed by atoms with Gasteiger partial charge in [-0.05, 0) is 42.8 Å². The average molecular weight is 309 g/mol. The Kier molecular flexibility index (Phi) is 2.84. The minimum Gasteiger partial charge on any atom is -0.355 e. The summed E-state index contributed by atoms with van der Waals surface area (Å²) in [5.74, 6) is -0.102. The van der Waals surface area contributed by atoms with Crippen molar-refractivity contribution in [1.29, 1.82) is 0 Å². The molecule has 1 aliphatic heterocycles. The van der Waals surface area contributed by atoms with Crippen molar-refractivity contribution in [3.8, 4) is 0 Å². The molecule has 0 radical (unpaired) electrons. The van der Waals surface area contributed by atoms with Crippen LogP contribution in [0, 0.1) is 6.92 Å². The molecule has 0 spiro atoms. The number of hydrogen-bond donors (Lipinski definition) is 2. The number of benzene rings is 2. The Hall–Kier alpha value is -2.52. The maximum atomic E-state index is 12.2. The van der Waals surface area contributed by atoms with Crippen LogP contribution in [0.15, 0.2) is 42.5 Å². The Morgan fingerprint density at radius 3 is 2.77 bits per heavy atom. The van der Waals surface area contributed by atoms with Gasteiger partial charge in [-0.1, -0.05) is 29.8 Å². The summed E-state index contributed by atoms with van der Waals surface area (Å²) >= 11 is 6.06. The van der Waals surface area contributed by atoms with Crippen molar-refractivity contribution in [3.05, 3.63) is 64.3 Å². The molecule has 0 fully saturated rings. The van der Waals surface area contributed by atoms with Gasteiger partial charge in [0.05, 0.1) is 5.57 Å². The van der Waals surface area contributed by atoms with Crippen LogP contribution < -0.4 is 5.32 Å². The van der Waals surface area contributed by atoms with Crippen LogP contribution in [0.1, 0.15) is 16.8 Å². The Bertz CT molecular complexity index is 953. The van der Waals surface area contributed by atoms with Gasteiger partial charge in [0.25, 0.3) is 5.91 Å². The first kappa shape index (κ1) is 13.2. The number of halogens is 1. The summed E-state index contributed by atoms with van der Waals surface area (Å²) in [5.41, 5.74) is 5.42. The third-order valence-electron chi connectivity index (χ3n) is 4.06. The lowest BCUT2D eigenvalue weighted by molar-refractivity contribution is -0.110. The molecule has 0 atom stereocenters. The van der Waals surface area contributed by atoms with E-state index in [-0.39, 0.29) is 5.91 Å². The quantitative estimate of drug-likeness (QED) is 0.633. The molecule has 2 heterocycles. The molecule has 0 aliphatic carbocycles. The van der Waals surface area contributed by atoms with E-state index in [1.165, 1.54) is 5.39 Å². The molecule has 1 amide bonds. The molecule has 0 bridgehead atoms. The number of amides is 1. The second kappa shape index (κ2) is 4.75. The fraction of sp³-hybridized carbons (Fsp3) is 0.0556. The zero-order valence-electron chi connectivity index (χ0n) is 11.9. The highest BCUT2D eigenvalue weighted by atomic mass is 35.5. The molecule has 2 N–H and O–H groups in total. The van der Waals surface area contributed by atoms with Gasteiger partial charge in [-0.15, -0.1) is 0 Å². The van der Waals surface area contributed by atoms with Crippen molar-refractivity contribution in [2.24, 2.45) is 0 Å². The molecule has 0 saturated carbocycles. The molecule has 22 heavy (non-hydrogen) atoms. The highest BCUT2D eigenvalue weighted by molar-refractivity contribution is 6.36. The van der Waals surface area contributed by atoms with Crippen LogP contribution in [-0.4, -0.2) is 10.9 Å². The van der Waals surface area contributed by atoms with Crippen LogP contribution in [-0.2, 0) is 4.79 Å². The fourth-order valence-electron chi connectivity index (χ4n) is 2.90. The Balaban J connectivity index is 1.91. The minimum atomic E-state index is -0.102. The lowest BCUT2D eigenvalue weighted by Crippen LogP contribution is -2.03. The number of aryl methyl sites for hydroxylation is 1. The summed E-state index contributed by atoms with van der Waals surface area (Å²) in [7, 11) is 0. The number of carbonyl (C=O) groups is 1.